The third-order valence-corrected chi connectivity index (χ3v) is 4.88. The highest BCUT2D eigenvalue weighted by Gasteiger charge is 2.50. The molecule has 5 atom stereocenters. The van der Waals surface area contributed by atoms with Gasteiger partial charge in [0.25, 0.3) is 0 Å². The topological polar surface area (TPSA) is 61.8 Å². The SMILES string of the molecule is C=C(C(=O)OCOC1C2CC3CC(C2)C(=O)OC1C3)C(F)(F)F. The maximum absolute atomic E-state index is 12.3. The Balaban J connectivity index is 1.56. The fourth-order valence-corrected chi connectivity index (χ4v) is 3.88. The van der Waals surface area contributed by atoms with Gasteiger partial charge in [-0.05, 0) is 37.5 Å². The number of hydrogen-bond acceptors (Lipinski definition) is 5. The van der Waals surface area contributed by atoms with Crippen LogP contribution in [0.4, 0.5) is 13.2 Å². The van der Waals surface area contributed by atoms with E-state index in [0.29, 0.717) is 18.8 Å². The Bertz CT molecular complexity index is 530. The molecule has 0 aromatic heterocycles. The van der Waals surface area contributed by atoms with Gasteiger partial charge in [0.1, 0.15) is 17.8 Å². The summed E-state index contributed by atoms with van der Waals surface area (Å²) in [5.74, 6) is -1.38. The number of fused-ring (bicyclic) bond motifs is 1. The summed E-state index contributed by atoms with van der Waals surface area (Å²) in [7, 11) is 0. The minimum atomic E-state index is -4.83. The lowest BCUT2D eigenvalue weighted by Crippen LogP contribution is -2.44. The van der Waals surface area contributed by atoms with Gasteiger partial charge in [-0.3, -0.25) is 4.79 Å². The van der Waals surface area contributed by atoms with Crippen LogP contribution in [0.3, 0.4) is 0 Å². The molecule has 0 aromatic rings. The number of hydrogen-bond donors (Lipinski definition) is 0. The van der Waals surface area contributed by atoms with Gasteiger partial charge in [-0.25, -0.2) is 4.79 Å². The maximum Gasteiger partial charge on any atom is 0.422 e. The Morgan fingerprint density at radius 1 is 1.26 bits per heavy atom. The minimum absolute atomic E-state index is 0.105. The van der Waals surface area contributed by atoms with Crippen molar-refractivity contribution in [2.24, 2.45) is 17.8 Å². The van der Waals surface area contributed by atoms with E-state index in [4.69, 9.17) is 9.47 Å². The summed E-state index contributed by atoms with van der Waals surface area (Å²) in [6.07, 6.45) is -2.61. The maximum atomic E-state index is 12.3. The van der Waals surface area contributed by atoms with E-state index in [9.17, 15) is 22.8 Å². The number of carbonyl (C=O) groups is 2. The van der Waals surface area contributed by atoms with Crippen molar-refractivity contribution in [3.8, 4) is 0 Å². The summed E-state index contributed by atoms with van der Waals surface area (Å²) in [6.45, 7) is 2.05. The van der Waals surface area contributed by atoms with Gasteiger partial charge in [0.05, 0.1) is 5.92 Å². The molecule has 0 N–H and O–H groups in total. The number of esters is 2. The Hall–Kier alpha value is -1.57. The van der Waals surface area contributed by atoms with E-state index >= 15 is 0 Å². The molecule has 2 saturated heterocycles. The van der Waals surface area contributed by atoms with Crippen LogP contribution in [0, 0.1) is 17.8 Å². The zero-order valence-corrected chi connectivity index (χ0v) is 12.3. The summed E-state index contributed by atoms with van der Waals surface area (Å²) in [5.41, 5.74) is -1.57. The summed E-state index contributed by atoms with van der Waals surface area (Å²) in [4.78, 5) is 23.1. The third kappa shape index (κ3) is 3.22. The van der Waals surface area contributed by atoms with Crippen LogP contribution in [-0.2, 0) is 23.8 Å². The Labute approximate surface area is 130 Å². The molecule has 2 saturated carbocycles. The number of ether oxygens (including phenoxy) is 3. The second-order valence-electron chi connectivity index (χ2n) is 6.40. The van der Waals surface area contributed by atoms with Gasteiger partial charge in [0.2, 0.25) is 0 Å². The second-order valence-corrected chi connectivity index (χ2v) is 6.40. The van der Waals surface area contributed by atoms with Crippen LogP contribution in [0.5, 0.6) is 0 Å². The first-order chi connectivity index (χ1) is 10.8. The number of rotatable bonds is 4. The molecule has 23 heavy (non-hydrogen) atoms. The van der Waals surface area contributed by atoms with Crippen LogP contribution < -0.4 is 0 Å². The fraction of sp³-hybridized carbons (Fsp3) is 0.733. The van der Waals surface area contributed by atoms with E-state index in [1.807, 2.05) is 0 Å². The van der Waals surface area contributed by atoms with Crippen LogP contribution in [0.25, 0.3) is 0 Å². The van der Waals surface area contributed by atoms with Crippen LogP contribution in [0.2, 0.25) is 0 Å². The van der Waals surface area contributed by atoms with Crippen molar-refractivity contribution in [1.82, 2.24) is 0 Å². The first-order valence-electron chi connectivity index (χ1n) is 7.51. The Morgan fingerprint density at radius 2 is 2.00 bits per heavy atom. The fourth-order valence-electron chi connectivity index (χ4n) is 3.88. The Morgan fingerprint density at radius 3 is 2.70 bits per heavy atom. The number of carbonyl (C=O) groups excluding carboxylic acids is 2. The normalized spacial score (nSPS) is 35.6. The molecule has 5 nitrogen and oxygen atoms in total. The monoisotopic (exact) mass is 334 g/mol. The third-order valence-electron chi connectivity index (χ3n) is 4.88. The van der Waals surface area contributed by atoms with Gasteiger partial charge in [0, 0.05) is 0 Å². The van der Waals surface area contributed by atoms with E-state index in [-0.39, 0.29) is 17.8 Å². The molecule has 0 aromatic carbocycles. The molecule has 4 aliphatic rings. The average Bonchev–Trinajstić information content (AvgIpc) is 2.62. The highest BCUT2D eigenvalue weighted by Crippen LogP contribution is 2.48. The molecule has 0 amide bonds. The summed E-state index contributed by atoms with van der Waals surface area (Å²) in [5, 5.41) is 0. The second kappa shape index (κ2) is 5.81. The Kier molecular flexibility index (Phi) is 4.12. The standard InChI is InChI=1S/C15H17F3O5/c1-7(15(16,17)18)13(19)22-6-21-12-9-2-8-3-10(5-9)14(20)23-11(12)4-8/h8-12H,1-6H2. The average molecular weight is 334 g/mol. The van der Waals surface area contributed by atoms with Crippen molar-refractivity contribution in [2.75, 3.05) is 6.79 Å². The van der Waals surface area contributed by atoms with Crippen LogP contribution in [0.15, 0.2) is 12.2 Å². The lowest BCUT2D eigenvalue weighted by atomic mass is 9.67. The smallest absolute Gasteiger partial charge is 0.422 e. The summed E-state index contributed by atoms with van der Waals surface area (Å²) >= 11 is 0. The molecule has 4 rings (SSSR count). The van der Waals surface area contributed by atoms with E-state index in [1.54, 1.807) is 0 Å². The highest BCUT2D eigenvalue weighted by molar-refractivity contribution is 5.89. The van der Waals surface area contributed by atoms with Gasteiger partial charge in [-0.15, -0.1) is 0 Å². The molecule has 0 radical (unpaired) electrons. The zero-order chi connectivity index (χ0) is 16.8. The van der Waals surface area contributed by atoms with Crippen LogP contribution >= 0.6 is 0 Å². The van der Waals surface area contributed by atoms with Crippen molar-refractivity contribution in [2.45, 2.75) is 44.1 Å². The van der Waals surface area contributed by atoms with E-state index in [0.717, 1.165) is 12.8 Å². The van der Waals surface area contributed by atoms with Crippen molar-refractivity contribution < 1.29 is 37.0 Å². The molecule has 2 aliphatic heterocycles. The molecule has 8 heteroatoms. The lowest BCUT2D eigenvalue weighted by molar-refractivity contribution is -0.186. The van der Waals surface area contributed by atoms with Crippen molar-refractivity contribution >= 4 is 11.9 Å². The van der Waals surface area contributed by atoms with Crippen molar-refractivity contribution in [3.63, 3.8) is 0 Å². The van der Waals surface area contributed by atoms with Gasteiger partial charge in [-0.2, -0.15) is 13.2 Å². The van der Waals surface area contributed by atoms with E-state index in [1.165, 1.54) is 0 Å². The van der Waals surface area contributed by atoms with Crippen LogP contribution in [0.1, 0.15) is 25.7 Å². The number of alkyl halides is 3. The molecule has 128 valence electrons. The molecular formula is C15H17F3O5. The van der Waals surface area contributed by atoms with Crippen molar-refractivity contribution in [3.05, 3.63) is 12.2 Å². The van der Waals surface area contributed by atoms with E-state index in [2.05, 4.69) is 11.3 Å². The highest BCUT2D eigenvalue weighted by atomic mass is 19.4. The number of halogens is 3. The quantitative estimate of drug-likeness (QED) is 0.449. The van der Waals surface area contributed by atoms with Crippen molar-refractivity contribution in [1.29, 1.82) is 0 Å². The minimum Gasteiger partial charge on any atom is -0.459 e. The predicted molar refractivity (Wildman–Crippen MR) is 69.8 cm³/mol. The van der Waals surface area contributed by atoms with Gasteiger partial charge < -0.3 is 14.2 Å². The van der Waals surface area contributed by atoms with E-state index < -0.39 is 36.7 Å². The molecule has 2 heterocycles. The first kappa shape index (κ1) is 16.3. The molecule has 5 unspecified atom stereocenters. The zero-order valence-electron chi connectivity index (χ0n) is 12.3. The lowest BCUT2D eigenvalue weighted by Gasteiger charge is -2.41. The van der Waals surface area contributed by atoms with Gasteiger partial charge >= 0.3 is 18.1 Å². The van der Waals surface area contributed by atoms with Gasteiger partial charge in [0.15, 0.2) is 6.79 Å². The van der Waals surface area contributed by atoms with Crippen LogP contribution in [-0.4, -0.2) is 37.1 Å². The molecule has 4 bridgehead atoms. The molecule has 4 fully saturated rings. The largest absolute Gasteiger partial charge is 0.459 e. The summed E-state index contributed by atoms with van der Waals surface area (Å²) in [6, 6.07) is 0. The summed E-state index contributed by atoms with van der Waals surface area (Å²) < 4.78 is 52.3. The molecule has 2 aliphatic carbocycles. The molecule has 0 spiro atoms. The first-order valence-corrected chi connectivity index (χ1v) is 7.51. The van der Waals surface area contributed by atoms with Gasteiger partial charge in [-0.1, -0.05) is 6.58 Å². The predicted octanol–water partition coefficient (Wildman–Crippen LogP) is 2.35. The molecular weight excluding hydrogens is 317 g/mol.